The number of carbonyl (C=O) groups is 3. The molecule has 0 aromatic heterocycles. The van der Waals surface area contributed by atoms with Crippen molar-refractivity contribution >= 4 is 29.1 Å². The van der Waals surface area contributed by atoms with Gasteiger partial charge in [0, 0.05) is 31.0 Å². The number of likely N-dealkylation sites (tertiary alicyclic amines) is 1. The van der Waals surface area contributed by atoms with Gasteiger partial charge in [0.1, 0.15) is 11.6 Å². The Morgan fingerprint density at radius 1 is 0.850 bits per heavy atom. The Morgan fingerprint density at radius 3 is 2.20 bits per heavy atom. The molecule has 3 amide bonds. The van der Waals surface area contributed by atoms with E-state index in [2.05, 4.69) is 0 Å². The highest BCUT2D eigenvalue weighted by atomic mass is 16.5. The summed E-state index contributed by atoms with van der Waals surface area (Å²) in [6.45, 7) is 6.22. The van der Waals surface area contributed by atoms with Crippen molar-refractivity contribution in [3.05, 3.63) is 84.0 Å². The number of fused-ring (bicyclic) bond motifs is 2. The number of rotatable bonds is 5. The van der Waals surface area contributed by atoms with Gasteiger partial charge in [0.2, 0.25) is 11.8 Å². The van der Waals surface area contributed by atoms with Crippen molar-refractivity contribution in [1.82, 2.24) is 4.90 Å². The molecule has 8 nitrogen and oxygen atoms in total. The fraction of sp³-hybridized carbons (Fsp3) is 0.406. The average Bonchev–Trinajstić information content (AvgIpc) is 3.23. The van der Waals surface area contributed by atoms with Crippen molar-refractivity contribution in [3.63, 3.8) is 0 Å². The van der Waals surface area contributed by atoms with E-state index in [1.807, 2.05) is 93.6 Å². The van der Waals surface area contributed by atoms with Gasteiger partial charge in [0.05, 0.1) is 24.0 Å². The summed E-state index contributed by atoms with van der Waals surface area (Å²) in [5.41, 5.74) is 1.04. The first-order valence-corrected chi connectivity index (χ1v) is 14.0. The van der Waals surface area contributed by atoms with Gasteiger partial charge in [-0.3, -0.25) is 14.4 Å². The minimum Gasteiger partial charge on any atom is -0.395 e. The smallest absolute Gasteiger partial charge is 0.253 e. The summed E-state index contributed by atoms with van der Waals surface area (Å²) < 4.78 is 6.98. The minimum atomic E-state index is -1.35. The van der Waals surface area contributed by atoms with Gasteiger partial charge in [-0.15, -0.1) is 0 Å². The predicted octanol–water partition coefficient (Wildman–Crippen LogP) is 3.16. The van der Waals surface area contributed by atoms with Crippen molar-refractivity contribution in [2.75, 3.05) is 36.0 Å². The number of nitrogens with zero attached hydrogens (tertiary/aromatic N) is 3. The van der Waals surface area contributed by atoms with Gasteiger partial charge in [-0.25, -0.2) is 0 Å². The number of para-hydroxylation sites is 2. The van der Waals surface area contributed by atoms with Gasteiger partial charge >= 0.3 is 0 Å². The van der Waals surface area contributed by atoms with E-state index < -0.39 is 29.1 Å². The monoisotopic (exact) mass is 541 g/mol. The second-order valence-corrected chi connectivity index (χ2v) is 11.2. The molecular weight excluding hydrogens is 506 g/mol. The molecule has 1 N–H and O–H groups in total. The third kappa shape index (κ3) is 3.62. The normalized spacial score (nSPS) is 31.2. The fourth-order valence-electron chi connectivity index (χ4n) is 7.38. The van der Waals surface area contributed by atoms with Crippen LogP contribution in [0.4, 0.5) is 11.4 Å². The first kappa shape index (κ1) is 26.5. The Morgan fingerprint density at radius 2 is 1.52 bits per heavy atom. The third-order valence-corrected chi connectivity index (χ3v) is 9.06. The molecule has 6 rings (SSSR count). The molecule has 4 heterocycles. The Hall–Kier alpha value is -3.75. The lowest BCUT2D eigenvalue weighted by atomic mass is 9.73. The minimum absolute atomic E-state index is 0.0242. The molecule has 0 aliphatic carbocycles. The highest BCUT2D eigenvalue weighted by Crippen LogP contribution is 2.58. The summed E-state index contributed by atoms with van der Waals surface area (Å²) in [5, 5.41) is 9.98. The van der Waals surface area contributed by atoms with Crippen molar-refractivity contribution in [2.45, 2.75) is 44.4 Å². The van der Waals surface area contributed by atoms with Crippen LogP contribution in [0.25, 0.3) is 0 Å². The van der Waals surface area contributed by atoms with Crippen LogP contribution < -0.4 is 9.80 Å². The third-order valence-electron chi connectivity index (χ3n) is 9.06. The Balaban J connectivity index is 1.51. The molecule has 4 aliphatic heterocycles. The molecule has 8 heteroatoms. The van der Waals surface area contributed by atoms with Gasteiger partial charge in [0.15, 0.2) is 0 Å². The standard InChI is InChI=1S/C32H35N3O5/c1-4-31-15-9-17-33(23-13-6-5-7-14-23)28(37)24(31)25-29(38)35(19-20-36)27-30(39)34(18-10-16-32(25,27)40-31)26-21(2)11-8-12-22(26)3/h5-16,24-25,27,36H,4,17-20H2,1-3H3/t24-,25-,27?,31+,32-/m0/s1. The van der Waals surface area contributed by atoms with E-state index in [1.165, 1.54) is 4.90 Å². The number of ether oxygens (including phenoxy) is 1. The average molecular weight is 542 g/mol. The van der Waals surface area contributed by atoms with Gasteiger partial charge in [-0.05, 0) is 43.5 Å². The molecule has 0 radical (unpaired) electrons. The highest BCUT2D eigenvalue weighted by Gasteiger charge is 2.75. The van der Waals surface area contributed by atoms with Gasteiger partial charge in [-0.1, -0.05) is 67.6 Å². The first-order valence-electron chi connectivity index (χ1n) is 14.0. The van der Waals surface area contributed by atoms with Gasteiger partial charge in [0.25, 0.3) is 5.91 Å². The summed E-state index contributed by atoms with van der Waals surface area (Å²) in [6.07, 6.45) is 8.07. The second-order valence-electron chi connectivity index (χ2n) is 11.2. The molecular formula is C32H35N3O5. The SMILES string of the molecule is CC[C@@]12C=CCN(c3ccccc3)C(=O)[C@@H]1[C@H]1C(=O)N(CCO)C3C(=O)N(c4c(C)cccc4C)CC=C[C@@]31O2. The largest absolute Gasteiger partial charge is 0.395 e. The second kappa shape index (κ2) is 9.71. The molecule has 0 bridgehead atoms. The van der Waals surface area contributed by atoms with E-state index in [4.69, 9.17) is 4.74 Å². The van der Waals surface area contributed by atoms with E-state index in [0.29, 0.717) is 19.5 Å². The van der Waals surface area contributed by atoms with Crippen molar-refractivity contribution in [3.8, 4) is 0 Å². The summed E-state index contributed by atoms with van der Waals surface area (Å²) in [4.78, 5) is 48.2. The molecule has 40 heavy (non-hydrogen) atoms. The number of aryl methyl sites for hydroxylation is 2. The van der Waals surface area contributed by atoms with Crippen LogP contribution in [0.3, 0.4) is 0 Å². The number of benzene rings is 2. The maximum atomic E-state index is 14.6. The zero-order chi connectivity index (χ0) is 28.2. The van der Waals surface area contributed by atoms with Gasteiger partial charge < -0.3 is 24.5 Å². The van der Waals surface area contributed by atoms with Crippen LogP contribution in [-0.4, -0.2) is 71.2 Å². The van der Waals surface area contributed by atoms with Gasteiger partial charge in [-0.2, -0.15) is 0 Å². The Labute approximate surface area is 234 Å². The number of aliphatic hydroxyl groups excluding tert-OH is 1. The number of aliphatic hydroxyl groups is 1. The maximum absolute atomic E-state index is 14.6. The van der Waals surface area contributed by atoms with Crippen LogP contribution >= 0.6 is 0 Å². The van der Waals surface area contributed by atoms with Crippen LogP contribution in [0.2, 0.25) is 0 Å². The van der Waals surface area contributed by atoms with E-state index in [1.54, 1.807) is 9.80 Å². The number of carbonyl (C=O) groups excluding carboxylic acids is 3. The Bertz CT molecular complexity index is 1400. The molecule has 2 saturated heterocycles. The summed E-state index contributed by atoms with van der Waals surface area (Å²) in [6, 6.07) is 14.3. The highest BCUT2D eigenvalue weighted by molar-refractivity contribution is 6.08. The molecule has 0 saturated carbocycles. The van der Waals surface area contributed by atoms with E-state index >= 15 is 0 Å². The van der Waals surface area contributed by atoms with Crippen molar-refractivity contribution in [2.24, 2.45) is 11.8 Å². The zero-order valence-electron chi connectivity index (χ0n) is 23.1. The molecule has 2 aromatic rings. The first-order chi connectivity index (χ1) is 19.3. The lowest BCUT2D eigenvalue weighted by Gasteiger charge is -2.38. The van der Waals surface area contributed by atoms with Crippen molar-refractivity contribution < 1.29 is 24.2 Å². The molecule has 1 unspecified atom stereocenters. The molecule has 4 aliphatic rings. The van der Waals surface area contributed by atoms with Crippen LogP contribution in [0.15, 0.2) is 72.8 Å². The molecule has 5 atom stereocenters. The predicted molar refractivity (Wildman–Crippen MR) is 152 cm³/mol. The molecule has 1 spiro atoms. The number of anilines is 2. The van der Waals surface area contributed by atoms with E-state index in [0.717, 1.165) is 22.5 Å². The quantitative estimate of drug-likeness (QED) is 0.588. The molecule has 2 fully saturated rings. The maximum Gasteiger partial charge on any atom is 0.253 e. The summed E-state index contributed by atoms with van der Waals surface area (Å²) in [7, 11) is 0. The summed E-state index contributed by atoms with van der Waals surface area (Å²) in [5.74, 6) is -2.55. The zero-order valence-corrected chi connectivity index (χ0v) is 23.1. The number of β-amino-alcohol motifs (C(OH)–C–C–N with tert-alkyl or cyclic N) is 1. The molecule has 2 aromatic carbocycles. The van der Waals surface area contributed by atoms with Crippen LogP contribution in [-0.2, 0) is 19.1 Å². The number of hydrogen-bond acceptors (Lipinski definition) is 5. The number of hydrogen-bond donors (Lipinski definition) is 1. The lowest BCUT2D eigenvalue weighted by molar-refractivity contribution is -0.146. The fourth-order valence-corrected chi connectivity index (χ4v) is 7.38. The summed E-state index contributed by atoms with van der Waals surface area (Å²) >= 11 is 0. The number of amides is 3. The van der Waals surface area contributed by atoms with Crippen LogP contribution in [0.5, 0.6) is 0 Å². The lowest BCUT2D eigenvalue weighted by Crippen LogP contribution is -2.56. The van der Waals surface area contributed by atoms with Crippen LogP contribution in [0, 0.1) is 25.7 Å². The van der Waals surface area contributed by atoms with E-state index in [9.17, 15) is 19.5 Å². The van der Waals surface area contributed by atoms with Crippen LogP contribution in [0.1, 0.15) is 24.5 Å². The Kier molecular flexibility index (Phi) is 6.43. The van der Waals surface area contributed by atoms with Crippen molar-refractivity contribution in [1.29, 1.82) is 0 Å². The topological polar surface area (TPSA) is 90.4 Å². The van der Waals surface area contributed by atoms with E-state index in [-0.39, 0.29) is 30.9 Å². The molecule has 208 valence electrons.